The van der Waals surface area contributed by atoms with Crippen LogP contribution in [0.15, 0.2) is 36.5 Å². The van der Waals surface area contributed by atoms with E-state index in [0.717, 1.165) is 35.7 Å². The van der Waals surface area contributed by atoms with Gasteiger partial charge in [0.1, 0.15) is 0 Å². The zero-order valence-electron chi connectivity index (χ0n) is 17.8. The van der Waals surface area contributed by atoms with Crippen LogP contribution in [0, 0.1) is 34.5 Å². The van der Waals surface area contributed by atoms with E-state index < -0.39 is 5.97 Å². The van der Waals surface area contributed by atoms with Crippen molar-refractivity contribution in [3.63, 3.8) is 0 Å². The first kappa shape index (κ1) is 20.1. The van der Waals surface area contributed by atoms with Crippen LogP contribution in [0.4, 0.5) is 0 Å². The Morgan fingerprint density at radius 3 is 2.48 bits per heavy atom. The van der Waals surface area contributed by atoms with Crippen LogP contribution in [0.3, 0.4) is 0 Å². The van der Waals surface area contributed by atoms with Crippen molar-refractivity contribution in [1.29, 1.82) is 5.26 Å². The van der Waals surface area contributed by atoms with E-state index in [9.17, 15) is 9.59 Å². The Morgan fingerprint density at radius 2 is 1.81 bits per heavy atom. The maximum absolute atomic E-state index is 13.0. The van der Waals surface area contributed by atoms with Gasteiger partial charge in [-0.3, -0.25) is 4.79 Å². The third kappa shape index (κ3) is 3.80. The summed E-state index contributed by atoms with van der Waals surface area (Å²) in [5.74, 6) is 1.74. The zero-order chi connectivity index (χ0) is 21.4. The van der Waals surface area contributed by atoms with Crippen LogP contribution in [0.2, 0.25) is 0 Å². The Bertz CT molecular complexity index is 1050. The number of aromatic nitrogens is 1. The molecule has 5 nitrogen and oxygen atoms in total. The lowest BCUT2D eigenvalue weighted by molar-refractivity contribution is -0.155. The van der Waals surface area contributed by atoms with Crippen molar-refractivity contribution >= 4 is 28.7 Å². The number of hydrogen-bond acceptors (Lipinski definition) is 4. The number of rotatable bonds is 7. The van der Waals surface area contributed by atoms with Crippen molar-refractivity contribution in [3.8, 4) is 6.07 Å². The lowest BCUT2D eigenvalue weighted by atomic mass is 9.48. The smallest absolute Gasteiger partial charge is 0.331 e. The number of nitriles is 1. The first-order chi connectivity index (χ1) is 15.1. The maximum atomic E-state index is 13.0. The van der Waals surface area contributed by atoms with E-state index in [1.165, 1.54) is 25.3 Å². The molecule has 6 rings (SSSR count). The van der Waals surface area contributed by atoms with Crippen LogP contribution in [0.5, 0.6) is 0 Å². The molecule has 0 N–H and O–H groups in total. The molecule has 0 amide bonds. The molecule has 0 saturated heterocycles. The number of fused-ring (bicyclic) bond motifs is 1. The van der Waals surface area contributed by atoms with Crippen molar-refractivity contribution in [2.45, 2.75) is 51.5 Å². The molecule has 5 heteroatoms. The lowest BCUT2D eigenvalue weighted by Crippen LogP contribution is -2.51. The number of ether oxygens (including phenoxy) is 1. The summed E-state index contributed by atoms with van der Waals surface area (Å²) in [6.45, 7) is 0.494. The summed E-state index contributed by atoms with van der Waals surface area (Å²) in [5, 5.41) is 9.91. The molecule has 1 aromatic heterocycles. The molecule has 4 aliphatic carbocycles. The van der Waals surface area contributed by atoms with Gasteiger partial charge in [-0.25, -0.2) is 4.79 Å². The minimum atomic E-state index is -0.480. The van der Waals surface area contributed by atoms with Gasteiger partial charge in [0.25, 0.3) is 0 Å². The molecular weight excluding hydrogens is 388 g/mol. The molecule has 0 unspecified atom stereocenters. The summed E-state index contributed by atoms with van der Waals surface area (Å²) in [6, 6.07) is 10.1. The summed E-state index contributed by atoms with van der Waals surface area (Å²) < 4.78 is 7.40. The molecule has 4 aliphatic rings. The second kappa shape index (κ2) is 8.00. The SMILES string of the molecule is N#CCCn1cc(/C=C/C(=O)OCC(=O)C23CC4CC(CC(C4)C2)C3)c2ccccc21. The molecule has 0 atom stereocenters. The van der Waals surface area contributed by atoms with Crippen LogP contribution in [0.1, 0.15) is 50.5 Å². The van der Waals surface area contributed by atoms with Crippen LogP contribution in [0.25, 0.3) is 17.0 Å². The van der Waals surface area contributed by atoms with Gasteiger partial charge in [-0.2, -0.15) is 5.26 Å². The fraction of sp³-hybridized carbons (Fsp3) is 0.500. The highest BCUT2D eigenvalue weighted by atomic mass is 16.5. The predicted molar refractivity (Wildman–Crippen MR) is 118 cm³/mol. The summed E-state index contributed by atoms with van der Waals surface area (Å²) in [7, 11) is 0. The molecule has 4 fully saturated rings. The van der Waals surface area contributed by atoms with Gasteiger partial charge in [0, 0.05) is 40.7 Å². The third-order valence-electron chi connectivity index (χ3n) is 7.66. The minimum absolute atomic E-state index is 0.112. The van der Waals surface area contributed by atoms with E-state index in [1.807, 2.05) is 35.0 Å². The summed E-state index contributed by atoms with van der Waals surface area (Å²) in [4.78, 5) is 25.4. The van der Waals surface area contributed by atoms with Crippen molar-refractivity contribution in [3.05, 3.63) is 42.1 Å². The highest BCUT2D eigenvalue weighted by Gasteiger charge is 2.54. The average Bonchev–Trinajstić information content (AvgIpc) is 3.11. The molecule has 31 heavy (non-hydrogen) atoms. The average molecular weight is 417 g/mol. The number of para-hydroxylation sites is 1. The van der Waals surface area contributed by atoms with Gasteiger partial charge < -0.3 is 9.30 Å². The zero-order valence-corrected chi connectivity index (χ0v) is 17.8. The number of ketones is 1. The molecule has 0 spiro atoms. The molecule has 0 aliphatic heterocycles. The standard InChI is InChI=1S/C26H28N2O3/c27-8-3-9-28-16-21(22-4-1-2-5-23(22)28)6-7-25(30)31-17-24(29)26-13-18-10-19(14-26)12-20(11-18)15-26/h1-2,4-7,16,18-20H,3,9-15,17H2/b7-6+. The molecule has 160 valence electrons. The van der Waals surface area contributed by atoms with Gasteiger partial charge in [-0.05, 0) is 68.4 Å². The largest absolute Gasteiger partial charge is 0.455 e. The molecular formula is C26H28N2O3. The quantitative estimate of drug-likeness (QED) is 0.475. The molecule has 4 bridgehead atoms. The van der Waals surface area contributed by atoms with Crippen molar-refractivity contribution in [1.82, 2.24) is 4.57 Å². The Morgan fingerprint density at radius 1 is 1.13 bits per heavy atom. The Labute approximate surface area is 182 Å². The van der Waals surface area contributed by atoms with E-state index in [0.29, 0.717) is 30.7 Å². The number of hydrogen-bond donors (Lipinski definition) is 0. The number of benzene rings is 1. The number of esters is 1. The first-order valence-corrected chi connectivity index (χ1v) is 11.4. The number of carbonyl (C=O) groups is 2. The maximum Gasteiger partial charge on any atom is 0.331 e. The first-order valence-electron chi connectivity index (χ1n) is 11.4. The van der Waals surface area contributed by atoms with Crippen LogP contribution < -0.4 is 0 Å². The highest BCUT2D eigenvalue weighted by molar-refractivity contribution is 5.95. The van der Waals surface area contributed by atoms with Gasteiger partial charge in [0.15, 0.2) is 12.4 Å². The van der Waals surface area contributed by atoms with Crippen LogP contribution >= 0.6 is 0 Å². The number of nitrogens with zero attached hydrogens (tertiary/aromatic N) is 2. The van der Waals surface area contributed by atoms with E-state index in [4.69, 9.17) is 10.00 Å². The molecule has 1 heterocycles. The van der Waals surface area contributed by atoms with E-state index in [-0.39, 0.29) is 17.8 Å². The minimum Gasteiger partial charge on any atom is -0.455 e. The van der Waals surface area contributed by atoms with E-state index in [2.05, 4.69) is 6.07 Å². The summed E-state index contributed by atoms with van der Waals surface area (Å²) in [6.07, 6.45) is 12.4. The molecule has 4 saturated carbocycles. The number of carbonyl (C=O) groups excluding carboxylic acids is 2. The Hall–Kier alpha value is -2.87. The normalized spacial score (nSPS) is 28.8. The summed E-state index contributed by atoms with van der Waals surface area (Å²) in [5.41, 5.74) is 1.70. The van der Waals surface area contributed by atoms with Crippen molar-refractivity contribution in [2.75, 3.05) is 6.61 Å². The number of Topliss-reactive ketones (excluding diaryl/α,β-unsaturated/α-hetero) is 1. The fourth-order valence-electron chi connectivity index (χ4n) is 6.71. The van der Waals surface area contributed by atoms with Gasteiger partial charge >= 0.3 is 5.97 Å². The highest BCUT2D eigenvalue weighted by Crippen LogP contribution is 2.60. The predicted octanol–water partition coefficient (Wildman–Crippen LogP) is 4.90. The molecule has 2 aromatic rings. The van der Waals surface area contributed by atoms with Gasteiger partial charge in [0.2, 0.25) is 0 Å². The van der Waals surface area contributed by atoms with Crippen LogP contribution in [-0.4, -0.2) is 22.9 Å². The second-order valence-corrected chi connectivity index (χ2v) is 9.77. The summed E-state index contributed by atoms with van der Waals surface area (Å²) >= 11 is 0. The van der Waals surface area contributed by atoms with Crippen molar-refractivity contribution < 1.29 is 14.3 Å². The monoisotopic (exact) mass is 416 g/mol. The van der Waals surface area contributed by atoms with E-state index in [1.54, 1.807) is 6.08 Å². The van der Waals surface area contributed by atoms with Crippen molar-refractivity contribution in [2.24, 2.45) is 23.2 Å². The number of aryl methyl sites for hydroxylation is 1. The van der Waals surface area contributed by atoms with Crippen LogP contribution in [-0.2, 0) is 20.9 Å². The van der Waals surface area contributed by atoms with Gasteiger partial charge in [-0.1, -0.05) is 18.2 Å². The fourth-order valence-corrected chi connectivity index (χ4v) is 6.71. The van der Waals surface area contributed by atoms with Gasteiger partial charge in [-0.15, -0.1) is 0 Å². The van der Waals surface area contributed by atoms with E-state index >= 15 is 0 Å². The molecule has 1 aromatic carbocycles. The van der Waals surface area contributed by atoms with Gasteiger partial charge in [0.05, 0.1) is 12.5 Å². The molecule has 0 radical (unpaired) electrons. The third-order valence-corrected chi connectivity index (χ3v) is 7.66. The Kier molecular flexibility index (Phi) is 5.17. The lowest BCUT2D eigenvalue weighted by Gasteiger charge is -2.55. The topological polar surface area (TPSA) is 72.1 Å². The Balaban J connectivity index is 1.23. The second-order valence-electron chi connectivity index (χ2n) is 9.77.